The number of nitrogens with one attached hydrogen (secondary N) is 2. The molecule has 0 fully saturated rings. The Labute approximate surface area is 172 Å². The maximum Gasteiger partial charge on any atom is 0.416 e. The van der Waals surface area contributed by atoms with Crippen molar-refractivity contribution in [2.45, 2.75) is 26.9 Å². The lowest BCUT2D eigenvalue weighted by Gasteiger charge is -2.17. The molecule has 1 heterocycles. The highest BCUT2D eigenvalue weighted by atomic mass is 19.4. The number of amides is 1. The average molecular weight is 414 g/mol. The summed E-state index contributed by atoms with van der Waals surface area (Å²) in [5.74, 6) is 0.583. The Hall–Kier alpha value is -3.55. The number of benzene rings is 2. The first-order chi connectivity index (χ1) is 14.1. The van der Waals surface area contributed by atoms with Gasteiger partial charge in [-0.2, -0.15) is 13.2 Å². The summed E-state index contributed by atoms with van der Waals surface area (Å²) in [4.78, 5) is 15.0. The summed E-state index contributed by atoms with van der Waals surface area (Å²) in [5.41, 5.74) is 2.88. The van der Waals surface area contributed by atoms with E-state index >= 15 is 0 Å². The Morgan fingerprint density at radius 1 is 1.13 bits per heavy atom. The summed E-state index contributed by atoms with van der Waals surface area (Å²) in [5, 5.41) is 5.61. The van der Waals surface area contributed by atoms with Gasteiger partial charge in [0.2, 0.25) is 6.41 Å². The van der Waals surface area contributed by atoms with Gasteiger partial charge in [0.15, 0.2) is 0 Å². The predicted molar refractivity (Wildman–Crippen MR) is 112 cm³/mol. The normalized spacial score (nSPS) is 11.3. The number of rotatable bonds is 6. The van der Waals surface area contributed by atoms with Gasteiger partial charge in [-0.05, 0) is 62.2 Å². The number of anilines is 2. The van der Waals surface area contributed by atoms with Gasteiger partial charge >= 0.3 is 6.18 Å². The minimum Gasteiger partial charge on any atom is -0.355 e. The second-order valence-corrected chi connectivity index (χ2v) is 6.96. The lowest BCUT2D eigenvalue weighted by Crippen LogP contribution is -2.09. The van der Waals surface area contributed by atoms with Crippen LogP contribution < -0.4 is 10.6 Å². The van der Waals surface area contributed by atoms with E-state index in [2.05, 4.69) is 22.2 Å². The molecule has 0 saturated heterocycles. The van der Waals surface area contributed by atoms with Crippen molar-refractivity contribution >= 4 is 23.5 Å². The number of hydrogen-bond acceptors (Lipinski definition) is 3. The molecule has 0 bridgehead atoms. The third-order valence-corrected chi connectivity index (χ3v) is 4.62. The molecule has 0 unspecified atom stereocenters. The van der Waals surface area contributed by atoms with Crippen LogP contribution in [-0.4, -0.2) is 16.0 Å². The lowest BCUT2D eigenvalue weighted by atomic mass is 10.1. The Balaban J connectivity index is 2.01. The molecule has 3 rings (SSSR count). The summed E-state index contributed by atoms with van der Waals surface area (Å²) >= 11 is 0. The fourth-order valence-electron chi connectivity index (χ4n) is 3.13. The SMILES string of the molecule is C=C(Nc1ccc(C)c(NC=O)c1)c1cc(-n2cc(C)nc2C)cc(C(F)(F)F)c1. The summed E-state index contributed by atoms with van der Waals surface area (Å²) < 4.78 is 42.2. The Morgan fingerprint density at radius 3 is 2.47 bits per heavy atom. The standard InChI is InChI=1S/C22H21F3N4O/c1-13-5-6-19(10-21(13)26-12-30)28-15(3)17-7-18(22(23,24)25)9-20(8-17)29-11-14(2)27-16(29)4/h5-12,28H,3H2,1-2,4H3,(H,26,30). The second kappa shape index (κ2) is 8.06. The fraction of sp³-hybridized carbons (Fsp3) is 0.182. The molecule has 30 heavy (non-hydrogen) atoms. The first kappa shape index (κ1) is 21.2. The number of hydrogen-bond donors (Lipinski definition) is 2. The van der Waals surface area contributed by atoms with Crippen LogP contribution in [0, 0.1) is 20.8 Å². The van der Waals surface area contributed by atoms with Gasteiger partial charge < -0.3 is 15.2 Å². The van der Waals surface area contributed by atoms with Crippen molar-refractivity contribution in [1.29, 1.82) is 0 Å². The Morgan fingerprint density at radius 2 is 1.87 bits per heavy atom. The third-order valence-electron chi connectivity index (χ3n) is 4.62. The van der Waals surface area contributed by atoms with Gasteiger partial charge in [0, 0.05) is 29.0 Å². The van der Waals surface area contributed by atoms with E-state index in [9.17, 15) is 18.0 Å². The summed E-state index contributed by atoms with van der Waals surface area (Å²) in [6, 6.07) is 8.99. The number of nitrogens with zero attached hydrogens (tertiary/aromatic N) is 2. The largest absolute Gasteiger partial charge is 0.416 e. The van der Waals surface area contributed by atoms with Crippen LogP contribution in [0.25, 0.3) is 11.4 Å². The zero-order valence-corrected chi connectivity index (χ0v) is 16.8. The van der Waals surface area contributed by atoms with Gasteiger partial charge in [-0.3, -0.25) is 4.79 Å². The molecule has 0 saturated carbocycles. The van der Waals surface area contributed by atoms with Crippen LogP contribution in [0.2, 0.25) is 0 Å². The number of aryl methyl sites for hydroxylation is 3. The minimum absolute atomic E-state index is 0.288. The van der Waals surface area contributed by atoms with Crippen molar-refractivity contribution in [3.05, 3.63) is 77.4 Å². The van der Waals surface area contributed by atoms with Gasteiger partial charge in [-0.25, -0.2) is 4.98 Å². The smallest absolute Gasteiger partial charge is 0.355 e. The predicted octanol–water partition coefficient (Wildman–Crippen LogP) is 5.47. The van der Waals surface area contributed by atoms with Crippen LogP contribution in [0.4, 0.5) is 24.5 Å². The molecular formula is C22H21F3N4O. The van der Waals surface area contributed by atoms with Crippen molar-refractivity contribution in [3.8, 4) is 5.69 Å². The molecule has 3 aromatic rings. The quantitative estimate of drug-likeness (QED) is 0.526. The second-order valence-electron chi connectivity index (χ2n) is 6.96. The van der Waals surface area contributed by atoms with Crippen LogP contribution >= 0.6 is 0 Å². The van der Waals surface area contributed by atoms with E-state index in [1.165, 1.54) is 0 Å². The molecule has 0 aliphatic heterocycles. The number of alkyl halides is 3. The zero-order chi connectivity index (χ0) is 22.1. The van der Waals surface area contributed by atoms with Gasteiger partial charge in [0.1, 0.15) is 5.82 Å². The fourth-order valence-corrected chi connectivity index (χ4v) is 3.13. The first-order valence-electron chi connectivity index (χ1n) is 9.11. The van der Waals surface area contributed by atoms with E-state index in [-0.39, 0.29) is 11.3 Å². The molecule has 1 amide bonds. The van der Waals surface area contributed by atoms with Crippen LogP contribution in [-0.2, 0) is 11.0 Å². The molecule has 0 radical (unpaired) electrons. The highest BCUT2D eigenvalue weighted by Gasteiger charge is 2.31. The Kier molecular flexibility index (Phi) is 5.69. The summed E-state index contributed by atoms with van der Waals surface area (Å²) in [7, 11) is 0. The molecular weight excluding hydrogens is 393 g/mol. The minimum atomic E-state index is -4.51. The molecule has 2 N–H and O–H groups in total. The number of carbonyl (C=O) groups excluding carboxylic acids is 1. The third kappa shape index (κ3) is 4.53. The molecule has 156 valence electrons. The maximum absolute atomic E-state index is 13.5. The molecule has 0 aliphatic carbocycles. The molecule has 5 nitrogen and oxygen atoms in total. The van der Waals surface area contributed by atoms with E-state index in [0.29, 0.717) is 35.0 Å². The average Bonchev–Trinajstić information content (AvgIpc) is 3.01. The van der Waals surface area contributed by atoms with Crippen LogP contribution in [0.15, 0.2) is 49.2 Å². The van der Waals surface area contributed by atoms with Gasteiger partial charge in [-0.1, -0.05) is 12.6 Å². The molecule has 0 aliphatic rings. The molecule has 1 aromatic heterocycles. The highest BCUT2D eigenvalue weighted by Crippen LogP contribution is 2.34. The van der Waals surface area contributed by atoms with Crippen molar-refractivity contribution in [1.82, 2.24) is 9.55 Å². The van der Waals surface area contributed by atoms with Crippen LogP contribution in [0.5, 0.6) is 0 Å². The van der Waals surface area contributed by atoms with Gasteiger partial charge in [-0.15, -0.1) is 0 Å². The number of carbonyl (C=O) groups is 1. The van der Waals surface area contributed by atoms with E-state index in [4.69, 9.17) is 0 Å². The lowest BCUT2D eigenvalue weighted by molar-refractivity contribution is -0.137. The number of imidazole rings is 1. The van der Waals surface area contributed by atoms with Crippen LogP contribution in [0.3, 0.4) is 0 Å². The topological polar surface area (TPSA) is 58.9 Å². The van der Waals surface area contributed by atoms with E-state index in [0.717, 1.165) is 17.7 Å². The van der Waals surface area contributed by atoms with Gasteiger partial charge in [0.05, 0.1) is 11.3 Å². The van der Waals surface area contributed by atoms with Crippen molar-refractivity contribution in [2.75, 3.05) is 10.6 Å². The van der Waals surface area contributed by atoms with Crippen molar-refractivity contribution < 1.29 is 18.0 Å². The summed E-state index contributed by atoms with van der Waals surface area (Å²) in [6.07, 6.45) is -2.27. The van der Waals surface area contributed by atoms with Crippen LogP contribution in [0.1, 0.15) is 28.2 Å². The summed E-state index contributed by atoms with van der Waals surface area (Å²) in [6.45, 7) is 9.25. The van der Waals surface area contributed by atoms with E-state index in [1.54, 1.807) is 48.9 Å². The maximum atomic E-state index is 13.5. The number of halogens is 3. The molecule has 0 atom stereocenters. The van der Waals surface area contributed by atoms with E-state index < -0.39 is 11.7 Å². The molecule has 2 aromatic carbocycles. The first-order valence-corrected chi connectivity index (χ1v) is 9.11. The van der Waals surface area contributed by atoms with E-state index in [1.807, 2.05) is 6.92 Å². The molecule has 0 spiro atoms. The molecule has 8 heteroatoms. The monoisotopic (exact) mass is 414 g/mol. The number of aromatic nitrogens is 2. The van der Waals surface area contributed by atoms with Crippen molar-refractivity contribution in [3.63, 3.8) is 0 Å². The zero-order valence-electron chi connectivity index (χ0n) is 16.8. The highest BCUT2D eigenvalue weighted by molar-refractivity contribution is 5.81. The van der Waals surface area contributed by atoms with Crippen molar-refractivity contribution in [2.24, 2.45) is 0 Å². The Bertz CT molecular complexity index is 1120. The van der Waals surface area contributed by atoms with Gasteiger partial charge in [0.25, 0.3) is 0 Å².